The van der Waals surface area contributed by atoms with Gasteiger partial charge in [0, 0.05) is 35.0 Å². The molecule has 0 spiro atoms. The standard InChI is InChI=1S/C47H36N4/c1-33-41(44(37-20-10-4-11-21-37)43(35-16-6-2-7-17-35)36-18-8-3-9-19-36)25-14-26-42(33)47-50-45(38-22-12-5-13-23-38)49-46(51-47)39-29-27-34(28-30-39)40-24-15-31-48-32-40/h2-33,41H,1H3. The number of pyridine rings is 1. The summed E-state index contributed by atoms with van der Waals surface area (Å²) in [4.78, 5) is 19.6. The van der Waals surface area contributed by atoms with Gasteiger partial charge in [-0.1, -0.05) is 177 Å². The number of allylic oxidation sites excluding steroid dienone is 5. The van der Waals surface area contributed by atoms with Crippen LogP contribution in [0, 0.1) is 11.8 Å². The van der Waals surface area contributed by atoms with Crippen molar-refractivity contribution in [1.29, 1.82) is 0 Å². The van der Waals surface area contributed by atoms with Gasteiger partial charge in [0.25, 0.3) is 0 Å². The van der Waals surface area contributed by atoms with Crippen LogP contribution in [0.2, 0.25) is 0 Å². The van der Waals surface area contributed by atoms with Crippen LogP contribution in [0.25, 0.3) is 50.6 Å². The van der Waals surface area contributed by atoms with Crippen molar-refractivity contribution in [1.82, 2.24) is 19.9 Å². The van der Waals surface area contributed by atoms with Gasteiger partial charge in [-0.3, -0.25) is 4.98 Å². The molecule has 0 saturated carbocycles. The van der Waals surface area contributed by atoms with Crippen molar-refractivity contribution in [3.8, 4) is 33.9 Å². The highest BCUT2D eigenvalue weighted by atomic mass is 15.0. The molecule has 0 N–H and O–H groups in total. The Bertz CT molecular complexity index is 2290. The van der Waals surface area contributed by atoms with Gasteiger partial charge in [0.05, 0.1) is 0 Å². The number of nitrogens with zero attached hydrogens (tertiary/aromatic N) is 4. The average Bonchev–Trinajstić information content (AvgIpc) is 3.22. The minimum atomic E-state index is 0.0435. The highest BCUT2D eigenvalue weighted by Gasteiger charge is 2.31. The minimum absolute atomic E-state index is 0.0435. The van der Waals surface area contributed by atoms with Crippen molar-refractivity contribution in [3.05, 3.63) is 211 Å². The van der Waals surface area contributed by atoms with E-state index in [1.54, 1.807) is 6.20 Å². The third-order valence-corrected chi connectivity index (χ3v) is 9.50. The number of aromatic nitrogens is 4. The molecule has 1 aliphatic rings. The summed E-state index contributed by atoms with van der Waals surface area (Å²) in [5.74, 6) is 2.08. The second kappa shape index (κ2) is 14.5. The Morgan fingerprint density at radius 2 is 0.961 bits per heavy atom. The van der Waals surface area contributed by atoms with Gasteiger partial charge in [0.1, 0.15) is 0 Å². The van der Waals surface area contributed by atoms with E-state index < -0.39 is 0 Å². The summed E-state index contributed by atoms with van der Waals surface area (Å²) in [6.45, 7) is 2.30. The first kappa shape index (κ1) is 31.7. The molecule has 0 amide bonds. The highest BCUT2D eigenvalue weighted by molar-refractivity contribution is 6.00. The molecule has 0 aliphatic heterocycles. The molecule has 0 bridgehead atoms. The molecule has 5 aromatic carbocycles. The van der Waals surface area contributed by atoms with Gasteiger partial charge in [-0.05, 0) is 50.9 Å². The molecule has 7 aromatic rings. The van der Waals surface area contributed by atoms with Crippen molar-refractivity contribution >= 4 is 16.7 Å². The molecule has 4 heteroatoms. The van der Waals surface area contributed by atoms with Crippen LogP contribution in [0.3, 0.4) is 0 Å². The minimum Gasteiger partial charge on any atom is -0.264 e. The summed E-state index contributed by atoms with van der Waals surface area (Å²) in [5.41, 5.74) is 11.2. The van der Waals surface area contributed by atoms with E-state index >= 15 is 0 Å². The van der Waals surface area contributed by atoms with Crippen molar-refractivity contribution in [2.45, 2.75) is 6.92 Å². The first-order valence-corrected chi connectivity index (χ1v) is 17.3. The molecule has 1 aliphatic carbocycles. The molecule has 244 valence electrons. The second-order valence-corrected chi connectivity index (χ2v) is 12.7. The topological polar surface area (TPSA) is 51.6 Å². The zero-order chi connectivity index (χ0) is 34.4. The van der Waals surface area contributed by atoms with E-state index in [1.807, 2.05) is 30.5 Å². The molecule has 2 heterocycles. The third-order valence-electron chi connectivity index (χ3n) is 9.50. The number of hydrogen-bond acceptors (Lipinski definition) is 4. The summed E-state index contributed by atoms with van der Waals surface area (Å²) in [7, 11) is 0. The third kappa shape index (κ3) is 6.72. The van der Waals surface area contributed by atoms with E-state index in [0.29, 0.717) is 17.5 Å². The number of rotatable bonds is 8. The maximum absolute atomic E-state index is 5.18. The molecule has 2 unspecified atom stereocenters. The molecule has 51 heavy (non-hydrogen) atoms. The molecule has 8 rings (SSSR count). The van der Waals surface area contributed by atoms with E-state index in [0.717, 1.165) is 27.8 Å². The van der Waals surface area contributed by atoms with Gasteiger partial charge in [-0.25, -0.2) is 15.0 Å². The van der Waals surface area contributed by atoms with Crippen molar-refractivity contribution in [2.75, 3.05) is 0 Å². The predicted octanol–water partition coefficient (Wildman–Crippen LogP) is 11.1. The predicted molar refractivity (Wildman–Crippen MR) is 209 cm³/mol. The molecular formula is C47H36N4. The van der Waals surface area contributed by atoms with Crippen LogP contribution in [0.1, 0.15) is 29.4 Å². The van der Waals surface area contributed by atoms with Crippen LogP contribution in [0.5, 0.6) is 0 Å². The van der Waals surface area contributed by atoms with Crippen molar-refractivity contribution < 1.29 is 0 Å². The van der Waals surface area contributed by atoms with Crippen molar-refractivity contribution in [3.63, 3.8) is 0 Å². The molecule has 0 saturated heterocycles. The Morgan fingerprint density at radius 3 is 1.53 bits per heavy atom. The summed E-state index contributed by atoms with van der Waals surface area (Å²) in [6.07, 6.45) is 10.3. The zero-order valence-corrected chi connectivity index (χ0v) is 28.3. The van der Waals surface area contributed by atoms with Gasteiger partial charge in [0.15, 0.2) is 17.5 Å². The van der Waals surface area contributed by atoms with E-state index in [9.17, 15) is 0 Å². The maximum Gasteiger partial charge on any atom is 0.164 e. The van der Waals surface area contributed by atoms with Crippen LogP contribution < -0.4 is 0 Å². The highest BCUT2D eigenvalue weighted by Crippen LogP contribution is 2.45. The average molecular weight is 657 g/mol. The van der Waals surface area contributed by atoms with Gasteiger partial charge < -0.3 is 0 Å². The smallest absolute Gasteiger partial charge is 0.164 e. The fraction of sp³-hybridized carbons (Fsp3) is 0.0638. The van der Waals surface area contributed by atoms with Crippen LogP contribution in [0.4, 0.5) is 0 Å². The Labute approximate surface area is 299 Å². The normalized spacial score (nSPS) is 15.2. The van der Waals surface area contributed by atoms with Gasteiger partial charge in [-0.15, -0.1) is 0 Å². The molecule has 2 atom stereocenters. The first-order chi connectivity index (χ1) is 25.2. The SMILES string of the molecule is CC1C(c2nc(-c3ccccc3)nc(-c3ccc(-c4cccnc4)cc3)n2)=CC=CC1C(=C(c1ccccc1)c1ccccc1)c1ccccc1. The van der Waals surface area contributed by atoms with E-state index in [2.05, 4.69) is 164 Å². The van der Waals surface area contributed by atoms with E-state index in [1.165, 1.54) is 27.8 Å². The Morgan fingerprint density at radius 1 is 0.471 bits per heavy atom. The van der Waals surface area contributed by atoms with Crippen LogP contribution in [-0.4, -0.2) is 19.9 Å². The fourth-order valence-electron chi connectivity index (χ4n) is 6.92. The second-order valence-electron chi connectivity index (χ2n) is 12.7. The summed E-state index contributed by atoms with van der Waals surface area (Å²) in [5, 5.41) is 0. The Balaban J connectivity index is 1.26. The van der Waals surface area contributed by atoms with Gasteiger partial charge in [-0.2, -0.15) is 0 Å². The fourth-order valence-corrected chi connectivity index (χ4v) is 6.92. The maximum atomic E-state index is 5.18. The van der Waals surface area contributed by atoms with Crippen LogP contribution in [0.15, 0.2) is 188 Å². The van der Waals surface area contributed by atoms with Gasteiger partial charge in [0.2, 0.25) is 0 Å². The monoisotopic (exact) mass is 656 g/mol. The van der Waals surface area contributed by atoms with E-state index in [4.69, 9.17) is 15.0 Å². The van der Waals surface area contributed by atoms with Gasteiger partial charge >= 0.3 is 0 Å². The molecular weight excluding hydrogens is 621 g/mol. The van der Waals surface area contributed by atoms with E-state index in [-0.39, 0.29) is 11.8 Å². The quantitative estimate of drug-likeness (QED) is 0.153. The zero-order valence-electron chi connectivity index (χ0n) is 28.3. The molecule has 2 aromatic heterocycles. The lowest BCUT2D eigenvalue weighted by molar-refractivity contribution is 0.633. The molecule has 0 fully saturated rings. The Kier molecular flexibility index (Phi) is 9.04. The number of hydrogen-bond donors (Lipinski definition) is 0. The molecule has 4 nitrogen and oxygen atoms in total. The number of benzene rings is 5. The lowest BCUT2D eigenvalue weighted by Crippen LogP contribution is -2.19. The Hall–Kier alpha value is -6.52. The van der Waals surface area contributed by atoms with Crippen LogP contribution in [-0.2, 0) is 0 Å². The summed E-state index contributed by atoms with van der Waals surface area (Å²) in [6, 6.07) is 54.8. The van der Waals surface area contributed by atoms with Crippen LogP contribution >= 0.6 is 0 Å². The first-order valence-electron chi connectivity index (χ1n) is 17.3. The summed E-state index contributed by atoms with van der Waals surface area (Å²) >= 11 is 0. The lowest BCUT2D eigenvalue weighted by Gasteiger charge is -2.31. The van der Waals surface area contributed by atoms with Crippen molar-refractivity contribution in [2.24, 2.45) is 11.8 Å². The molecule has 0 radical (unpaired) electrons. The lowest BCUT2D eigenvalue weighted by atomic mass is 9.73. The largest absolute Gasteiger partial charge is 0.264 e. The summed E-state index contributed by atoms with van der Waals surface area (Å²) < 4.78 is 0.